The number of rotatable bonds is 8. The molecule has 0 bridgehead atoms. The lowest BCUT2D eigenvalue weighted by atomic mass is 10.0. The molecule has 2 aromatic heterocycles. The van der Waals surface area contributed by atoms with E-state index < -0.39 is 11.2 Å². The van der Waals surface area contributed by atoms with E-state index in [2.05, 4.69) is 18.8 Å². The van der Waals surface area contributed by atoms with E-state index >= 15 is 0 Å². The fraction of sp³-hybridized carbons (Fsp3) is 0.333. The first kappa shape index (κ1) is 24.7. The second-order valence-electron chi connectivity index (χ2n) is 9.48. The Labute approximate surface area is 208 Å². The smallest absolute Gasteiger partial charge is 0.317 e. The minimum atomic E-state index is -0.442. The molecule has 0 aliphatic heterocycles. The summed E-state index contributed by atoms with van der Waals surface area (Å²) in [6.45, 7) is 8.49. The van der Waals surface area contributed by atoms with E-state index in [0.717, 1.165) is 5.56 Å². The van der Waals surface area contributed by atoms with Gasteiger partial charge in [-0.05, 0) is 60.2 Å². The highest BCUT2D eigenvalue weighted by molar-refractivity contribution is 6.30. The third-order valence-electron chi connectivity index (χ3n) is 6.13. The molecule has 0 saturated carbocycles. The highest BCUT2D eigenvalue weighted by atomic mass is 35.5. The summed E-state index contributed by atoms with van der Waals surface area (Å²) in [5.74, 6) is 0.471. The van der Waals surface area contributed by atoms with Gasteiger partial charge in [0.25, 0.3) is 5.56 Å². The molecular formula is C27H29ClN4O3. The third kappa shape index (κ3) is 5.00. The number of aromatic nitrogens is 4. The molecule has 2 heterocycles. The van der Waals surface area contributed by atoms with E-state index in [4.69, 9.17) is 11.6 Å². The summed E-state index contributed by atoms with van der Waals surface area (Å²) in [5.41, 5.74) is 1.83. The summed E-state index contributed by atoms with van der Waals surface area (Å²) >= 11 is 5.94. The van der Waals surface area contributed by atoms with Crippen molar-refractivity contribution in [3.63, 3.8) is 0 Å². The second-order valence-corrected chi connectivity index (χ2v) is 9.91. The van der Waals surface area contributed by atoms with Crippen molar-refractivity contribution >= 4 is 28.5 Å². The molecule has 0 aliphatic rings. The lowest BCUT2D eigenvalue weighted by molar-refractivity contribution is 0.0973. The molecule has 0 aliphatic carbocycles. The van der Waals surface area contributed by atoms with Crippen molar-refractivity contribution in [2.45, 2.75) is 53.1 Å². The molecule has 8 heteroatoms. The minimum absolute atomic E-state index is 0.0813. The van der Waals surface area contributed by atoms with E-state index in [-0.39, 0.29) is 30.0 Å². The molecule has 182 valence electrons. The van der Waals surface area contributed by atoms with Gasteiger partial charge in [-0.3, -0.25) is 14.2 Å². The molecule has 7 nitrogen and oxygen atoms in total. The number of ketones is 1. The van der Waals surface area contributed by atoms with Gasteiger partial charge in [0, 0.05) is 17.1 Å². The Balaban J connectivity index is 1.88. The number of halogens is 1. The van der Waals surface area contributed by atoms with Crippen LogP contribution >= 0.6 is 11.6 Å². The number of nitrogens with zero attached hydrogens (tertiary/aromatic N) is 4. The summed E-state index contributed by atoms with van der Waals surface area (Å²) in [5, 5.41) is 0.537. The maximum Gasteiger partial charge on any atom is 0.337 e. The normalized spacial score (nSPS) is 11.6. The highest BCUT2D eigenvalue weighted by Gasteiger charge is 2.21. The van der Waals surface area contributed by atoms with Crippen LogP contribution < -0.4 is 11.2 Å². The fourth-order valence-corrected chi connectivity index (χ4v) is 4.13. The quantitative estimate of drug-likeness (QED) is 0.322. The Morgan fingerprint density at radius 2 is 1.63 bits per heavy atom. The second kappa shape index (κ2) is 10.0. The number of imidazole rings is 1. The van der Waals surface area contributed by atoms with E-state index in [1.54, 1.807) is 24.3 Å². The van der Waals surface area contributed by atoms with Gasteiger partial charge < -0.3 is 4.57 Å². The lowest BCUT2D eigenvalue weighted by Gasteiger charge is -2.14. The number of fused-ring (bicyclic) bond motifs is 1. The van der Waals surface area contributed by atoms with E-state index in [9.17, 15) is 14.4 Å². The molecule has 4 rings (SSSR count). The summed E-state index contributed by atoms with van der Waals surface area (Å²) in [7, 11) is 0. The zero-order chi connectivity index (χ0) is 25.3. The summed E-state index contributed by atoms with van der Waals surface area (Å²) in [6, 6.07) is 14.3. The number of carbonyl (C=O) groups excluding carboxylic acids is 1. The Bertz CT molecular complexity index is 1480. The van der Waals surface area contributed by atoms with E-state index in [1.807, 2.05) is 38.1 Å². The molecule has 0 radical (unpaired) electrons. The monoisotopic (exact) mass is 492 g/mol. The van der Waals surface area contributed by atoms with E-state index in [0.29, 0.717) is 34.5 Å². The SMILES string of the molecule is CC(C)CCn1c(=O)c2c(ncn2CC(=O)c2ccc(Cl)cc2)n(-c2ccc(C(C)C)cc2)c1=O. The first-order valence-electron chi connectivity index (χ1n) is 11.8. The van der Waals surface area contributed by atoms with Crippen molar-refractivity contribution in [3.05, 3.63) is 91.8 Å². The van der Waals surface area contributed by atoms with Crippen molar-refractivity contribution in [1.29, 1.82) is 0 Å². The van der Waals surface area contributed by atoms with Gasteiger partial charge in [-0.15, -0.1) is 0 Å². The van der Waals surface area contributed by atoms with Crippen LogP contribution in [0.2, 0.25) is 5.02 Å². The maximum atomic E-state index is 13.5. The topological polar surface area (TPSA) is 78.9 Å². The lowest BCUT2D eigenvalue weighted by Crippen LogP contribution is -2.40. The standard InChI is InChI=1S/C27H29ClN4O3/c1-17(2)13-14-31-26(34)24-25(32(27(31)35)22-11-7-19(8-12-22)18(3)4)29-16-30(24)15-23(33)20-5-9-21(28)10-6-20/h5-12,16-18H,13-15H2,1-4H3. The van der Waals surface area contributed by atoms with Gasteiger partial charge in [-0.2, -0.15) is 0 Å². The number of benzene rings is 2. The van der Waals surface area contributed by atoms with Gasteiger partial charge in [0.2, 0.25) is 0 Å². The summed E-state index contributed by atoms with van der Waals surface area (Å²) in [4.78, 5) is 44.4. The van der Waals surface area contributed by atoms with Crippen molar-refractivity contribution in [1.82, 2.24) is 18.7 Å². The zero-order valence-electron chi connectivity index (χ0n) is 20.4. The van der Waals surface area contributed by atoms with Crippen LogP contribution in [0.3, 0.4) is 0 Å². The molecule has 0 N–H and O–H groups in total. The molecule has 0 unspecified atom stereocenters. The van der Waals surface area contributed by atoms with Crippen LogP contribution in [0.15, 0.2) is 64.4 Å². The zero-order valence-corrected chi connectivity index (χ0v) is 21.1. The number of carbonyl (C=O) groups is 1. The molecule has 0 atom stereocenters. The molecule has 0 spiro atoms. The molecule has 4 aromatic rings. The predicted octanol–water partition coefficient (Wildman–Crippen LogP) is 5.05. The third-order valence-corrected chi connectivity index (χ3v) is 6.38. The number of hydrogen-bond acceptors (Lipinski definition) is 4. The first-order chi connectivity index (χ1) is 16.7. The predicted molar refractivity (Wildman–Crippen MR) is 139 cm³/mol. The molecule has 0 amide bonds. The maximum absolute atomic E-state index is 13.5. The fourth-order valence-electron chi connectivity index (χ4n) is 4.01. The molecule has 2 aromatic carbocycles. The van der Waals surface area contributed by atoms with Crippen LogP contribution in [-0.4, -0.2) is 24.5 Å². The number of Topliss-reactive ketones (excluding diaryl/α,β-unsaturated/α-hetero) is 1. The van der Waals surface area contributed by atoms with Gasteiger partial charge in [-0.1, -0.05) is 51.4 Å². The summed E-state index contributed by atoms with van der Waals surface area (Å²) in [6.07, 6.45) is 2.12. The van der Waals surface area contributed by atoms with E-state index in [1.165, 1.54) is 20.0 Å². The van der Waals surface area contributed by atoms with Crippen molar-refractivity contribution < 1.29 is 4.79 Å². The minimum Gasteiger partial charge on any atom is -0.317 e. The van der Waals surface area contributed by atoms with Gasteiger partial charge >= 0.3 is 5.69 Å². The number of hydrogen-bond donors (Lipinski definition) is 0. The average Bonchev–Trinajstić information content (AvgIpc) is 3.22. The summed E-state index contributed by atoms with van der Waals surface area (Å²) < 4.78 is 4.24. The van der Waals surface area contributed by atoms with Crippen LogP contribution in [0.5, 0.6) is 0 Å². The van der Waals surface area contributed by atoms with Crippen molar-refractivity contribution in [3.8, 4) is 5.69 Å². The van der Waals surface area contributed by atoms with Crippen molar-refractivity contribution in [2.75, 3.05) is 0 Å². The Kier molecular flexibility index (Phi) is 7.08. The van der Waals surface area contributed by atoms with Crippen LogP contribution in [-0.2, 0) is 13.1 Å². The average molecular weight is 493 g/mol. The Hall–Kier alpha value is -3.45. The van der Waals surface area contributed by atoms with Gasteiger partial charge in [0.05, 0.1) is 18.6 Å². The largest absolute Gasteiger partial charge is 0.337 e. The van der Waals surface area contributed by atoms with Crippen LogP contribution in [0, 0.1) is 5.92 Å². The van der Waals surface area contributed by atoms with Crippen LogP contribution in [0.1, 0.15) is 56.0 Å². The molecule has 0 fully saturated rings. The highest BCUT2D eigenvalue weighted by Crippen LogP contribution is 2.19. The molecule has 0 saturated heterocycles. The molecular weight excluding hydrogens is 464 g/mol. The Morgan fingerprint density at radius 3 is 2.23 bits per heavy atom. The Morgan fingerprint density at radius 1 is 0.971 bits per heavy atom. The first-order valence-corrected chi connectivity index (χ1v) is 12.1. The van der Waals surface area contributed by atoms with Gasteiger partial charge in [0.15, 0.2) is 16.9 Å². The van der Waals surface area contributed by atoms with Gasteiger partial charge in [-0.25, -0.2) is 14.3 Å². The van der Waals surface area contributed by atoms with Gasteiger partial charge in [0.1, 0.15) is 0 Å². The van der Waals surface area contributed by atoms with Crippen LogP contribution in [0.25, 0.3) is 16.9 Å². The molecule has 35 heavy (non-hydrogen) atoms. The van der Waals surface area contributed by atoms with Crippen molar-refractivity contribution in [2.24, 2.45) is 5.92 Å². The van der Waals surface area contributed by atoms with Crippen LogP contribution in [0.4, 0.5) is 0 Å².